The van der Waals surface area contributed by atoms with Gasteiger partial charge in [0.1, 0.15) is 17.7 Å². The molecule has 4 heterocycles. The van der Waals surface area contributed by atoms with Crippen LogP contribution in [0.15, 0.2) is 35.7 Å². The van der Waals surface area contributed by atoms with Gasteiger partial charge in [0.25, 0.3) is 5.88 Å². The molecule has 2 aromatic heterocycles. The zero-order chi connectivity index (χ0) is 24.0. The third-order valence-corrected chi connectivity index (χ3v) is 5.66. The summed E-state index contributed by atoms with van der Waals surface area (Å²) in [6, 6.07) is 2.10. The van der Waals surface area contributed by atoms with E-state index >= 15 is 0 Å². The van der Waals surface area contributed by atoms with Crippen molar-refractivity contribution in [1.29, 1.82) is 0 Å². The Bertz CT molecular complexity index is 1270. The van der Waals surface area contributed by atoms with Crippen LogP contribution in [-0.4, -0.2) is 61.1 Å². The van der Waals surface area contributed by atoms with Crippen LogP contribution in [0.1, 0.15) is 23.7 Å². The Hall–Kier alpha value is -3.96. The minimum atomic E-state index is -0.723. The monoisotopic (exact) mass is 471 g/mol. The first-order valence-corrected chi connectivity index (χ1v) is 10.5. The molecule has 2 aliphatic heterocycles. The van der Waals surface area contributed by atoms with Gasteiger partial charge in [-0.3, -0.25) is 4.68 Å². The number of hydrazone groups is 1. The molecule has 1 saturated heterocycles. The molecule has 12 heteroatoms. The van der Waals surface area contributed by atoms with Gasteiger partial charge in [0, 0.05) is 31.9 Å². The molecule has 1 fully saturated rings. The lowest BCUT2D eigenvalue weighted by Gasteiger charge is -2.40. The Labute approximate surface area is 192 Å². The van der Waals surface area contributed by atoms with Gasteiger partial charge in [0.15, 0.2) is 5.82 Å². The van der Waals surface area contributed by atoms with Gasteiger partial charge < -0.3 is 9.64 Å². The van der Waals surface area contributed by atoms with Crippen molar-refractivity contribution in [2.24, 2.45) is 12.1 Å². The third kappa shape index (κ3) is 4.06. The summed E-state index contributed by atoms with van der Waals surface area (Å²) in [5.41, 5.74) is 1.67. The zero-order valence-electron chi connectivity index (χ0n) is 18.3. The van der Waals surface area contributed by atoms with Crippen molar-refractivity contribution in [3.8, 4) is 17.3 Å². The van der Waals surface area contributed by atoms with Crippen molar-refractivity contribution in [3.05, 3.63) is 59.3 Å². The first-order chi connectivity index (χ1) is 16.3. The molecular weight excluding hydrogens is 451 g/mol. The normalized spacial score (nSPS) is 17.9. The van der Waals surface area contributed by atoms with E-state index in [0.717, 1.165) is 12.3 Å². The molecule has 0 unspecified atom stereocenters. The summed E-state index contributed by atoms with van der Waals surface area (Å²) in [6.07, 6.45) is 4.15. The van der Waals surface area contributed by atoms with Crippen molar-refractivity contribution in [1.82, 2.24) is 29.7 Å². The summed E-state index contributed by atoms with van der Waals surface area (Å²) in [7, 11) is 1.76. The zero-order valence-corrected chi connectivity index (χ0v) is 18.3. The molecule has 5 rings (SSSR count). The molecule has 0 radical (unpaired) electrons. The van der Waals surface area contributed by atoms with Gasteiger partial charge >= 0.3 is 6.03 Å². The smallest absolute Gasteiger partial charge is 0.341 e. The van der Waals surface area contributed by atoms with Gasteiger partial charge in [-0.25, -0.2) is 23.6 Å². The molecule has 0 aliphatic carbocycles. The van der Waals surface area contributed by atoms with Crippen LogP contribution in [0.5, 0.6) is 5.88 Å². The van der Waals surface area contributed by atoms with Crippen LogP contribution in [-0.2, 0) is 7.05 Å². The Morgan fingerprint density at radius 2 is 1.88 bits per heavy atom. The van der Waals surface area contributed by atoms with E-state index < -0.39 is 35.6 Å². The highest BCUT2D eigenvalue weighted by Gasteiger charge is 2.39. The number of amides is 2. The average molecular weight is 471 g/mol. The molecule has 0 N–H and O–H groups in total. The summed E-state index contributed by atoms with van der Waals surface area (Å²) >= 11 is 0. The molecule has 34 heavy (non-hydrogen) atoms. The number of likely N-dealkylation sites (tertiary alicyclic amines) is 1. The van der Waals surface area contributed by atoms with Crippen molar-refractivity contribution >= 4 is 12.2 Å². The van der Waals surface area contributed by atoms with E-state index in [1.54, 1.807) is 24.9 Å². The fraction of sp³-hybridized carbons (Fsp3) is 0.318. The van der Waals surface area contributed by atoms with Crippen LogP contribution >= 0.6 is 0 Å². The maximum absolute atomic E-state index is 14.3. The minimum absolute atomic E-state index is 0.180. The second-order valence-electron chi connectivity index (χ2n) is 8.17. The number of ether oxygens (including phenoxy) is 1. The maximum Gasteiger partial charge on any atom is 0.341 e. The third-order valence-electron chi connectivity index (χ3n) is 5.66. The number of aromatic nitrogens is 4. The summed E-state index contributed by atoms with van der Waals surface area (Å²) < 4.78 is 48.8. The van der Waals surface area contributed by atoms with E-state index in [2.05, 4.69) is 20.2 Å². The van der Waals surface area contributed by atoms with Crippen LogP contribution in [0.25, 0.3) is 11.4 Å². The predicted octanol–water partition coefficient (Wildman–Crippen LogP) is 3.22. The highest BCUT2D eigenvalue weighted by molar-refractivity contribution is 5.79. The van der Waals surface area contributed by atoms with E-state index in [1.165, 1.54) is 28.3 Å². The Morgan fingerprint density at radius 3 is 2.56 bits per heavy atom. The van der Waals surface area contributed by atoms with Gasteiger partial charge in [-0.2, -0.15) is 19.6 Å². The molecule has 2 amide bonds. The molecule has 3 aromatic rings. The van der Waals surface area contributed by atoms with E-state index in [-0.39, 0.29) is 24.8 Å². The topological polar surface area (TPSA) is 88.7 Å². The molecule has 9 nitrogen and oxygen atoms in total. The number of carbonyl (C=O) groups is 1. The number of rotatable bonds is 4. The summed E-state index contributed by atoms with van der Waals surface area (Å²) in [6.45, 7) is 2.16. The number of carbonyl (C=O) groups excluding carboxylic acids is 1. The molecule has 0 spiro atoms. The molecule has 176 valence electrons. The Balaban J connectivity index is 1.24. The summed E-state index contributed by atoms with van der Waals surface area (Å²) in [5.74, 6) is -2.09. The highest BCUT2D eigenvalue weighted by Crippen LogP contribution is 2.32. The fourth-order valence-corrected chi connectivity index (χ4v) is 4.00. The van der Waals surface area contributed by atoms with Crippen molar-refractivity contribution in [2.45, 2.75) is 25.5 Å². The fourth-order valence-electron chi connectivity index (χ4n) is 4.00. The molecule has 1 atom stereocenters. The first-order valence-electron chi connectivity index (χ1n) is 10.5. The van der Waals surface area contributed by atoms with Gasteiger partial charge in [0.2, 0.25) is 5.82 Å². The minimum Gasteiger partial charge on any atom is -0.468 e. The summed E-state index contributed by atoms with van der Waals surface area (Å²) in [5, 5.41) is 9.50. The number of aryl methyl sites for hydroxylation is 2. The second-order valence-corrected chi connectivity index (χ2v) is 8.17. The first kappa shape index (κ1) is 21.9. The van der Waals surface area contributed by atoms with Gasteiger partial charge in [0.05, 0.1) is 36.6 Å². The lowest BCUT2D eigenvalue weighted by molar-refractivity contribution is 0.0230. The van der Waals surface area contributed by atoms with Crippen molar-refractivity contribution in [2.75, 3.05) is 13.1 Å². The van der Waals surface area contributed by atoms with Gasteiger partial charge in [-0.15, -0.1) is 0 Å². The van der Waals surface area contributed by atoms with Crippen LogP contribution in [0.2, 0.25) is 0 Å². The van der Waals surface area contributed by atoms with Gasteiger partial charge in [-0.05, 0) is 24.6 Å². The molecule has 2 aliphatic rings. The second kappa shape index (κ2) is 8.43. The quantitative estimate of drug-likeness (QED) is 0.583. The van der Waals surface area contributed by atoms with Crippen molar-refractivity contribution in [3.63, 3.8) is 0 Å². The van der Waals surface area contributed by atoms with Crippen LogP contribution < -0.4 is 4.74 Å². The number of hydrogen-bond acceptors (Lipinski definition) is 6. The largest absolute Gasteiger partial charge is 0.468 e. The SMILES string of the molecule is Cc1nn(C)cc1-c1ncc(F)c(OC2CN(C(=O)N3N=CC[C@H]3c3cc(F)cc(F)c3)C2)n1. The predicted molar refractivity (Wildman–Crippen MR) is 114 cm³/mol. The number of benzene rings is 1. The molecule has 0 saturated carbocycles. The lowest BCUT2D eigenvalue weighted by atomic mass is 10.0. The van der Waals surface area contributed by atoms with Crippen LogP contribution in [0.3, 0.4) is 0 Å². The molecular formula is C22H20F3N7O2. The van der Waals surface area contributed by atoms with Crippen LogP contribution in [0.4, 0.5) is 18.0 Å². The van der Waals surface area contributed by atoms with Crippen molar-refractivity contribution < 1.29 is 22.7 Å². The van der Waals surface area contributed by atoms with E-state index in [0.29, 0.717) is 23.2 Å². The van der Waals surface area contributed by atoms with E-state index in [9.17, 15) is 18.0 Å². The Kier molecular flexibility index (Phi) is 5.42. The summed E-state index contributed by atoms with van der Waals surface area (Å²) in [4.78, 5) is 22.6. The van der Waals surface area contributed by atoms with Crippen LogP contribution in [0, 0.1) is 24.4 Å². The average Bonchev–Trinajstić information content (AvgIpc) is 3.37. The van der Waals surface area contributed by atoms with E-state index in [1.807, 2.05) is 0 Å². The lowest BCUT2D eigenvalue weighted by Crippen LogP contribution is -2.59. The Morgan fingerprint density at radius 1 is 1.15 bits per heavy atom. The number of nitrogens with zero attached hydrogens (tertiary/aromatic N) is 7. The van der Waals surface area contributed by atoms with E-state index in [4.69, 9.17) is 4.74 Å². The number of hydrogen-bond donors (Lipinski definition) is 0. The molecule has 1 aromatic carbocycles. The standard InChI is InChI=1S/C22H20F3N7O2/c1-12-17(11-30(2)29-12)20-26-8-18(25)21(28-20)34-16-9-31(10-16)22(33)32-19(3-4-27-32)13-5-14(23)7-15(24)6-13/h4-8,11,16,19H,3,9-10H2,1-2H3/t19-/m0/s1. The maximum atomic E-state index is 14.3. The molecule has 0 bridgehead atoms. The number of halogens is 3. The number of urea groups is 1. The van der Waals surface area contributed by atoms with Gasteiger partial charge in [-0.1, -0.05) is 0 Å². The highest BCUT2D eigenvalue weighted by atomic mass is 19.1.